The molecule has 1 saturated heterocycles. The van der Waals surface area contributed by atoms with Crippen LogP contribution >= 0.6 is 0 Å². The minimum absolute atomic E-state index is 0.414. The molecule has 4 nitrogen and oxygen atoms in total. The molecule has 134 valence electrons. The van der Waals surface area contributed by atoms with Crippen LogP contribution in [0.1, 0.15) is 32.1 Å². The lowest BCUT2D eigenvalue weighted by atomic mass is 9.94. The Hall–Kier alpha value is -1.43. The fourth-order valence-corrected chi connectivity index (χ4v) is 5.69. The number of rotatable bonds is 3. The first kappa shape index (κ1) is 17.0. The zero-order valence-corrected chi connectivity index (χ0v) is 15.4. The first-order valence-corrected chi connectivity index (χ1v) is 10.8. The van der Waals surface area contributed by atoms with Crippen LogP contribution in [-0.4, -0.2) is 49.8 Å². The molecule has 0 atom stereocenters. The largest absolute Gasteiger partial charge is 0.298 e. The van der Waals surface area contributed by atoms with Crippen LogP contribution < -0.4 is 0 Å². The summed E-state index contributed by atoms with van der Waals surface area (Å²) in [4.78, 5) is 2.92. The van der Waals surface area contributed by atoms with Gasteiger partial charge in [-0.1, -0.05) is 49.6 Å². The van der Waals surface area contributed by atoms with Crippen LogP contribution in [0.3, 0.4) is 0 Å². The zero-order valence-electron chi connectivity index (χ0n) is 14.6. The quantitative estimate of drug-likeness (QED) is 0.843. The molecule has 0 spiro atoms. The lowest BCUT2D eigenvalue weighted by molar-refractivity contribution is 0.111. The van der Waals surface area contributed by atoms with Gasteiger partial charge in [0.05, 0.1) is 4.90 Å². The zero-order chi connectivity index (χ0) is 17.3. The highest BCUT2D eigenvalue weighted by Gasteiger charge is 2.31. The van der Waals surface area contributed by atoms with Gasteiger partial charge in [0.2, 0.25) is 10.0 Å². The fraction of sp³-hybridized carbons (Fsp3) is 0.500. The van der Waals surface area contributed by atoms with Crippen LogP contribution in [0, 0.1) is 0 Å². The summed E-state index contributed by atoms with van der Waals surface area (Å²) in [5.74, 6) is 0. The molecule has 0 N–H and O–H groups in total. The summed E-state index contributed by atoms with van der Waals surface area (Å²) in [6.07, 6.45) is 6.54. The van der Waals surface area contributed by atoms with Gasteiger partial charge < -0.3 is 0 Å². The predicted octanol–water partition coefficient (Wildman–Crippen LogP) is 3.48. The Bertz CT molecular complexity index is 836. The van der Waals surface area contributed by atoms with E-state index in [1.807, 2.05) is 30.3 Å². The van der Waals surface area contributed by atoms with Crippen LogP contribution in [0.5, 0.6) is 0 Å². The van der Waals surface area contributed by atoms with Crippen molar-refractivity contribution in [2.24, 2.45) is 0 Å². The van der Waals surface area contributed by atoms with E-state index in [9.17, 15) is 8.42 Å². The summed E-state index contributed by atoms with van der Waals surface area (Å²) in [7, 11) is -3.40. The molecule has 2 aliphatic rings. The Morgan fingerprint density at radius 3 is 2.20 bits per heavy atom. The molecule has 2 fully saturated rings. The standard InChI is InChI=1S/C20H26N2O2S/c23-25(24,20-11-10-17-6-4-5-7-18(17)16-20)22-14-12-21(13-15-22)19-8-2-1-3-9-19/h4-7,10-11,16,19H,1-3,8-9,12-15H2. The first-order valence-electron chi connectivity index (χ1n) is 9.38. The van der Waals surface area contributed by atoms with E-state index in [2.05, 4.69) is 4.90 Å². The Morgan fingerprint density at radius 1 is 0.800 bits per heavy atom. The van der Waals surface area contributed by atoms with Gasteiger partial charge in [0.15, 0.2) is 0 Å². The van der Waals surface area contributed by atoms with E-state index in [1.165, 1.54) is 32.1 Å². The second-order valence-corrected chi connectivity index (χ2v) is 9.18. The van der Waals surface area contributed by atoms with E-state index >= 15 is 0 Å². The Kier molecular flexibility index (Phi) is 4.80. The van der Waals surface area contributed by atoms with Crippen molar-refractivity contribution in [3.63, 3.8) is 0 Å². The second kappa shape index (κ2) is 7.06. The number of piperazine rings is 1. The van der Waals surface area contributed by atoms with E-state index in [-0.39, 0.29) is 0 Å². The first-order chi connectivity index (χ1) is 12.1. The van der Waals surface area contributed by atoms with Crippen molar-refractivity contribution in [3.05, 3.63) is 42.5 Å². The monoisotopic (exact) mass is 358 g/mol. The summed E-state index contributed by atoms with van der Waals surface area (Å²) in [6.45, 7) is 2.92. The minimum Gasteiger partial charge on any atom is -0.298 e. The van der Waals surface area contributed by atoms with Crippen molar-refractivity contribution in [1.29, 1.82) is 0 Å². The third kappa shape index (κ3) is 3.46. The smallest absolute Gasteiger partial charge is 0.243 e. The van der Waals surface area contributed by atoms with Crippen molar-refractivity contribution >= 4 is 20.8 Å². The molecule has 0 radical (unpaired) electrons. The summed E-state index contributed by atoms with van der Waals surface area (Å²) in [5.41, 5.74) is 0. The number of nitrogens with zero attached hydrogens (tertiary/aromatic N) is 2. The average molecular weight is 359 g/mol. The van der Waals surface area contributed by atoms with Crippen molar-refractivity contribution < 1.29 is 8.42 Å². The second-order valence-electron chi connectivity index (χ2n) is 7.24. The number of hydrogen-bond acceptors (Lipinski definition) is 3. The lowest BCUT2D eigenvalue weighted by Crippen LogP contribution is -2.52. The van der Waals surface area contributed by atoms with Crippen molar-refractivity contribution in [2.45, 2.75) is 43.0 Å². The Labute approximate surface area is 150 Å². The summed E-state index contributed by atoms with van der Waals surface area (Å²) in [5, 5.41) is 2.05. The molecule has 0 bridgehead atoms. The minimum atomic E-state index is -3.40. The van der Waals surface area contributed by atoms with Crippen molar-refractivity contribution in [3.8, 4) is 0 Å². The van der Waals surface area contributed by atoms with E-state index in [0.717, 1.165) is 23.9 Å². The highest BCUT2D eigenvalue weighted by molar-refractivity contribution is 7.89. The SMILES string of the molecule is O=S(=O)(c1ccc2ccccc2c1)N1CCN(C2CCCCC2)CC1. The van der Waals surface area contributed by atoms with Crippen molar-refractivity contribution in [2.75, 3.05) is 26.2 Å². The molecule has 1 aliphatic carbocycles. The highest BCUT2D eigenvalue weighted by Crippen LogP contribution is 2.26. The van der Waals surface area contributed by atoms with Gasteiger partial charge in [0.25, 0.3) is 0 Å². The molecule has 4 rings (SSSR count). The molecule has 0 amide bonds. The van der Waals surface area contributed by atoms with Crippen LogP contribution in [0.25, 0.3) is 10.8 Å². The molecule has 1 saturated carbocycles. The Balaban J connectivity index is 1.48. The normalized spacial score (nSPS) is 21.6. The summed E-state index contributed by atoms with van der Waals surface area (Å²) < 4.78 is 27.7. The van der Waals surface area contributed by atoms with Gasteiger partial charge in [-0.3, -0.25) is 4.90 Å². The van der Waals surface area contributed by atoms with E-state index in [0.29, 0.717) is 24.0 Å². The number of sulfonamides is 1. The third-order valence-electron chi connectivity index (χ3n) is 5.72. The maximum absolute atomic E-state index is 13.0. The van der Waals surface area contributed by atoms with Crippen LogP contribution in [0.4, 0.5) is 0 Å². The highest BCUT2D eigenvalue weighted by atomic mass is 32.2. The molecular weight excluding hydrogens is 332 g/mol. The van der Waals surface area contributed by atoms with Crippen LogP contribution in [-0.2, 0) is 10.0 Å². The molecule has 1 heterocycles. The number of benzene rings is 2. The van der Waals surface area contributed by atoms with E-state index < -0.39 is 10.0 Å². The third-order valence-corrected chi connectivity index (χ3v) is 7.62. The fourth-order valence-electron chi connectivity index (χ4n) is 4.23. The van der Waals surface area contributed by atoms with E-state index in [1.54, 1.807) is 16.4 Å². The summed E-state index contributed by atoms with van der Waals surface area (Å²) in [6, 6.07) is 14.0. The van der Waals surface area contributed by atoms with Crippen LogP contribution in [0.15, 0.2) is 47.4 Å². The maximum Gasteiger partial charge on any atom is 0.243 e. The molecule has 1 aliphatic heterocycles. The molecular formula is C20H26N2O2S. The Morgan fingerprint density at radius 2 is 1.48 bits per heavy atom. The topological polar surface area (TPSA) is 40.6 Å². The molecule has 5 heteroatoms. The average Bonchev–Trinajstić information content (AvgIpc) is 2.68. The number of hydrogen-bond donors (Lipinski definition) is 0. The van der Waals surface area contributed by atoms with Gasteiger partial charge in [0, 0.05) is 32.2 Å². The van der Waals surface area contributed by atoms with Gasteiger partial charge in [0.1, 0.15) is 0 Å². The molecule has 0 aromatic heterocycles. The molecule has 0 unspecified atom stereocenters. The summed E-state index contributed by atoms with van der Waals surface area (Å²) >= 11 is 0. The molecule has 2 aromatic rings. The van der Waals surface area contributed by atoms with Crippen LogP contribution in [0.2, 0.25) is 0 Å². The number of fused-ring (bicyclic) bond motifs is 1. The molecule has 2 aromatic carbocycles. The van der Waals surface area contributed by atoms with Gasteiger partial charge in [-0.05, 0) is 35.7 Å². The molecule has 25 heavy (non-hydrogen) atoms. The van der Waals surface area contributed by atoms with Crippen molar-refractivity contribution in [1.82, 2.24) is 9.21 Å². The van der Waals surface area contributed by atoms with Gasteiger partial charge in [-0.15, -0.1) is 0 Å². The maximum atomic E-state index is 13.0. The van der Waals surface area contributed by atoms with Gasteiger partial charge in [-0.2, -0.15) is 4.31 Å². The predicted molar refractivity (Wildman–Crippen MR) is 101 cm³/mol. The van der Waals surface area contributed by atoms with Gasteiger partial charge in [-0.25, -0.2) is 8.42 Å². The van der Waals surface area contributed by atoms with Gasteiger partial charge >= 0.3 is 0 Å². The van der Waals surface area contributed by atoms with E-state index in [4.69, 9.17) is 0 Å². The lowest BCUT2D eigenvalue weighted by Gasteiger charge is -2.40.